The zero-order valence-electron chi connectivity index (χ0n) is 11.2. The number of nitrogens with two attached hydrogens (primary N) is 1. The van der Waals surface area contributed by atoms with Crippen LogP contribution in [-0.2, 0) is 0 Å². The molecule has 0 radical (unpaired) electrons. The minimum Gasteiger partial charge on any atom is -0.382 e. The number of halogens is 2. The lowest BCUT2D eigenvalue weighted by molar-refractivity contribution is 0.585. The van der Waals surface area contributed by atoms with E-state index in [2.05, 4.69) is 15.2 Å². The largest absolute Gasteiger partial charge is 0.382 e. The molecule has 0 spiro atoms. The predicted octanol–water partition coefficient (Wildman–Crippen LogP) is 3.31. The van der Waals surface area contributed by atoms with Crippen LogP contribution >= 0.6 is 0 Å². The second-order valence-electron chi connectivity index (χ2n) is 4.62. The van der Waals surface area contributed by atoms with Crippen LogP contribution in [0, 0.1) is 18.6 Å². The Morgan fingerprint density at radius 3 is 2.67 bits per heavy atom. The number of rotatable bonds is 2. The van der Waals surface area contributed by atoms with E-state index in [0.717, 1.165) is 17.3 Å². The first-order valence-corrected chi connectivity index (χ1v) is 6.29. The van der Waals surface area contributed by atoms with Crippen LogP contribution in [0.15, 0.2) is 36.5 Å². The molecule has 0 bridgehead atoms. The van der Waals surface area contributed by atoms with Crippen molar-refractivity contribution in [2.75, 3.05) is 5.73 Å². The van der Waals surface area contributed by atoms with Gasteiger partial charge < -0.3 is 5.73 Å². The monoisotopic (exact) mass is 286 g/mol. The van der Waals surface area contributed by atoms with Gasteiger partial charge in [-0.25, -0.2) is 8.78 Å². The van der Waals surface area contributed by atoms with E-state index in [-0.39, 0.29) is 11.4 Å². The SMILES string of the molecule is Cc1ncccc1-c1[nH]nc(N)c1-c1ccc(F)cc1F. The Morgan fingerprint density at radius 2 is 1.95 bits per heavy atom. The number of H-pyrrole nitrogens is 1. The standard InChI is InChI=1S/C15H12F2N4/c1-8-10(3-2-6-19-8)14-13(15(18)21-20-14)11-5-4-9(16)7-12(11)17/h2-7H,1H3,(H3,18,20,21). The molecule has 0 aliphatic rings. The quantitative estimate of drug-likeness (QED) is 0.759. The van der Waals surface area contributed by atoms with Crippen LogP contribution in [0.1, 0.15) is 5.69 Å². The number of hydrogen-bond donors (Lipinski definition) is 2. The summed E-state index contributed by atoms with van der Waals surface area (Å²) >= 11 is 0. The van der Waals surface area contributed by atoms with Gasteiger partial charge in [-0.3, -0.25) is 10.1 Å². The molecule has 2 heterocycles. The lowest BCUT2D eigenvalue weighted by Gasteiger charge is -2.08. The summed E-state index contributed by atoms with van der Waals surface area (Å²) in [7, 11) is 0. The molecule has 4 nitrogen and oxygen atoms in total. The summed E-state index contributed by atoms with van der Waals surface area (Å²) in [6, 6.07) is 6.96. The van der Waals surface area contributed by atoms with Gasteiger partial charge in [0, 0.05) is 29.1 Å². The van der Waals surface area contributed by atoms with Crippen LogP contribution < -0.4 is 5.73 Å². The number of nitrogens with zero attached hydrogens (tertiary/aromatic N) is 2. The summed E-state index contributed by atoms with van der Waals surface area (Å²) in [6.45, 7) is 1.83. The lowest BCUT2D eigenvalue weighted by atomic mass is 9.99. The highest BCUT2D eigenvalue weighted by molar-refractivity contribution is 5.88. The number of nitrogens with one attached hydrogen (secondary N) is 1. The van der Waals surface area contributed by atoms with Crippen LogP contribution in [0.3, 0.4) is 0 Å². The number of benzene rings is 1. The molecule has 0 fully saturated rings. The van der Waals surface area contributed by atoms with Gasteiger partial charge in [0.1, 0.15) is 11.6 Å². The minimum absolute atomic E-state index is 0.152. The first kappa shape index (κ1) is 13.2. The van der Waals surface area contributed by atoms with Crippen molar-refractivity contribution in [2.24, 2.45) is 0 Å². The maximum absolute atomic E-state index is 14.0. The first-order valence-electron chi connectivity index (χ1n) is 6.29. The summed E-state index contributed by atoms with van der Waals surface area (Å²) < 4.78 is 27.1. The molecule has 3 N–H and O–H groups in total. The summed E-state index contributed by atoms with van der Waals surface area (Å²) in [5.41, 5.74) is 8.52. The molecule has 2 aromatic heterocycles. The molecule has 0 aliphatic heterocycles. The molecule has 3 rings (SSSR count). The van der Waals surface area contributed by atoms with Crippen molar-refractivity contribution in [2.45, 2.75) is 6.92 Å². The molecule has 0 amide bonds. The van der Waals surface area contributed by atoms with Crippen molar-refractivity contribution in [3.05, 3.63) is 53.9 Å². The number of aromatic amines is 1. The average molecular weight is 286 g/mol. The van der Waals surface area contributed by atoms with E-state index in [1.165, 1.54) is 12.1 Å². The molecule has 6 heteroatoms. The van der Waals surface area contributed by atoms with Crippen molar-refractivity contribution in [1.82, 2.24) is 15.2 Å². The van der Waals surface area contributed by atoms with Gasteiger partial charge >= 0.3 is 0 Å². The second kappa shape index (κ2) is 4.97. The Bertz CT molecular complexity index is 811. The Kier molecular flexibility index (Phi) is 3.13. The third-order valence-electron chi connectivity index (χ3n) is 3.27. The van der Waals surface area contributed by atoms with E-state index in [1.807, 2.05) is 13.0 Å². The fraction of sp³-hybridized carbons (Fsp3) is 0.0667. The molecule has 0 saturated carbocycles. The van der Waals surface area contributed by atoms with Crippen molar-refractivity contribution >= 4 is 5.82 Å². The summed E-state index contributed by atoms with van der Waals surface area (Å²) in [5.74, 6) is -1.18. The van der Waals surface area contributed by atoms with Crippen molar-refractivity contribution in [1.29, 1.82) is 0 Å². The fourth-order valence-electron chi connectivity index (χ4n) is 2.26. The van der Waals surface area contributed by atoms with Gasteiger partial charge in [-0.15, -0.1) is 0 Å². The summed E-state index contributed by atoms with van der Waals surface area (Å²) in [6.07, 6.45) is 1.66. The molecule has 106 valence electrons. The lowest BCUT2D eigenvalue weighted by Crippen LogP contribution is -1.94. The highest BCUT2D eigenvalue weighted by Gasteiger charge is 2.19. The van der Waals surface area contributed by atoms with Crippen LogP contribution in [0.2, 0.25) is 0 Å². The number of pyridine rings is 1. The third-order valence-corrected chi connectivity index (χ3v) is 3.27. The molecule has 0 aliphatic carbocycles. The Morgan fingerprint density at radius 1 is 1.14 bits per heavy atom. The van der Waals surface area contributed by atoms with E-state index in [4.69, 9.17) is 5.73 Å². The molecule has 0 saturated heterocycles. The smallest absolute Gasteiger partial charge is 0.153 e. The van der Waals surface area contributed by atoms with Crippen LogP contribution in [-0.4, -0.2) is 15.2 Å². The molecular formula is C15H12F2N4. The van der Waals surface area contributed by atoms with Crippen molar-refractivity contribution in [3.8, 4) is 22.4 Å². The van der Waals surface area contributed by atoms with E-state index < -0.39 is 11.6 Å². The maximum atomic E-state index is 14.0. The Hall–Kier alpha value is -2.76. The highest BCUT2D eigenvalue weighted by atomic mass is 19.1. The molecular weight excluding hydrogens is 274 g/mol. The molecule has 21 heavy (non-hydrogen) atoms. The van der Waals surface area contributed by atoms with Gasteiger partial charge in [0.25, 0.3) is 0 Å². The first-order chi connectivity index (χ1) is 10.1. The number of anilines is 1. The van der Waals surface area contributed by atoms with Crippen LogP contribution in [0.5, 0.6) is 0 Å². The fourth-order valence-corrected chi connectivity index (χ4v) is 2.26. The molecule has 0 atom stereocenters. The average Bonchev–Trinajstić information content (AvgIpc) is 2.81. The summed E-state index contributed by atoms with van der Waals surface area (Å²) in [5, 5.41) is 6.73. The van der Waals surface area contributed by atoms with E-state index in [1.54, 1.807) is 12.3 Å². The Balaban J connectivity index is 2.25. The van der Waals surface area contributed by atoms with E-state index >= 15 is 0 Å². The molecule has 1 aromatic carbocycles. The second-order valence-corrected chi connectivity index (χ2v) is 4.62. The van der Waals surface area contributed by atoms with Crippen LogP contribution in [0.25, 0.3) is 22.4 Å². The number of aromatic nitrogens is 3. The van der Waals surface area contributed by atoms with Crippen LogP contribution in [0.4, 0.5) is 14.6 Å². The predicted molar refractivity (Wildman–Crippen MR) is 76.3 cm³/mol. The third kappa shape index (κ3) is 2.24. The number of aryl methyl sites for hydroxylation is 1. The summed E-state index contributed by atoms with van der Waals surface area (Å²) in [4.78, 5) is 4.19. The normalized spacial score (nSPS) is 10.8. The van der Waals surface area contributed by atoms with Gasteiger partial charge in [0.2, 0.25) is 0 Å². The molecule has 3 aromatic rings. The van der Waals surface area contributed by atoms with Gasteiger partial charge in [-0.05, 0) is 31.2 Å². The van der Waals surface area contributed by atoms with E-state index in [0.29, 0.717) is 11.3 Å². The van der Waals surface area contributed by atoms with Gasteiger partial charge in [0.15, 0.2) is 5.82 Å². The van der Waals surface area contributed by atoms with Gasteiger partial charge in [-0.1, -0.05) is 0 Å². The van der Waals surface area contributed by atoms with Gasteiger partial charge in [0.05, 0.1) is 11.3 Å². The number of nitrogen functional groups attached to an aromatic ring is 1. The topological polar surface area (TPSA) is 67.6 Å². The van der Waals surface area contributed by atoms with E-state index in [9.17, 15) is 8.78 Å². The van der Waals surface area contributed by atoms with Gasteiger partial charge in [-0.2, -0.15) is 5.10 Å². The zero-order chi connectivity index (χ0) is 15.0. The van der Waals surface area contributed by atoms with Crippen molar-refractivity contribution in [3.63, 3.8) is 0 Å². The number of hydrogen-bond acceptors (Lipinski definition) is 3. The zero-order valence-corrected chi connectivity index (χ0v) is 11.2. The minimum atomic E-state index is -0.689. The maximum Gasteiger partial charge on any atom is 0.153 e. The highest BCUT2D eigenvalue weighted by Crippen LogP contribution is 2.36. The Labute approximate surface area is 119 Å². The molecule has 0 unspecified atom stereocenters. The van der Waals surface area contributed by atoms with Crippen molar-refractivity contribution < 1.29 is 8.78 Å².